The number of benzene rings is 3. The third-order valence-electron chi connectivity index (χ3n) is 3.78. The van der Waals surface area contributed by atoms with Crippen molar-refractivity contribution < 1.29 is 20.4 Å². The van der Waals surface area contributed by atoms with Gasteiger partial charge < -0.3 is 20.4 Å². The molecule has 0 atom stereocenters. The van der Waals surface area contributed by atoms with E-state index in [1.807, 2.05) is 0 Å². The highest BCUT2D eigenvalue weighted by Gasteiger charge is 2.14. The number of rotatable bonds is 1. The maximum absolute atomic E-state index is 10.1. The number of aromatic hydroxyl groups is 4. The van der Waals surface area contributed by atoms with E-state index in [2.05, 4.69) is 9.97 Å². The first-order valence-electron chi connectivity index (χ1n) is 7.17. The van der Waals surface area contributed by atoms with Crippen LogP contribution in [0.25, 0.3) is 33.2 Å². The molecule has 0 bridgehead atoms. The molecule has 4 N–H and O–H groups in total. The van der Waals surface area contributed by atoms with Crippen LogP contribution in [0, 0.1) is 0 Å². The molecule has 0 radical (unpaired) electrons. The lowest BCUT2D eigenvalue weighted by Gasteiger charge is -2.10. The number of hydrogen-bond acceptors (Lipinski definition) is 6. The van der Waals surface area contributed by atoms with E-state index in [0.29, 0.717) is 33.2 Å². The Morgan fingerprint density at radius 2 is 1.25 bits per heavy atom. The molecule has 0 spiro atoms. The van der Waals surface area contributed by atoms with E-state index in [-0.39, 0.29) is 23.0 Å². The fourth-order valence-corrected chi connectivity index (χ4v) is 2.71. The van der Waals surface area contributed by atoms with Crippen molar-refractivity contribution in [3.63, 3.8) is 0 Å². The first kappa shape index (κ1) is 14.1. The minimum absolute atomic E-state index is 0.0289. The third kappa shape index (κ3) is 2.21. The van der Waals surface area contributed by atoms with Gasteiger partial charge in [-0.1, -0.05) is 0 Å². The molecule has 6 heteroatoms. The second-order valence-corrected chi connectivity index (χ2v) is 5.46. The minimum Gasteiger partial charge on any atom is -0.508 e. The molecule has 24 heavy (non-hydrogen) atoms. The molecular weight excluding hydrogens is 308 g/mol. The molecular formula is C18H12N2O4. The Balaban J connectivity index is 2.09. The highest BCUT2D eigenvalue weighted by molar-refractivity contribution is 5.98. The first-order valence-corrected chi connectivity index (χ1v) is 7.17. The number of phenolic OH excluding ortho intramolecular Hbond substituents is 4. The molecule has 0 saturated carbocycles. The van der Waals surface area contributed by atoms with Gasteiger partial charge in [-0.05, 0) is 30.3 Å². The maximum atomic E-state index is 10.1. The van der Waals surface area contributed by atoms with Gasteiger partial charge in [0.05, 0.1) is 22.1 Å². The van der Waals surface area contributed by atoms with Gasteiger partial charge in [0.1, 0.15) is 23.0 Å². The van der Waals surface area contributed by atoms with E-state index in [1.165, 1.54) is 36.4 Å². The molecule has 6 nitrogen and oxygen atoms in total. The van der Waals surface area contributed by atoms with Gasteiger partial charge >= 0.3 is 0 Å². The van der Waals surface area contributed by atoms with Gasteiger partial charge in [-0.3, -0.25) is 0 Å². The second-order valence-electron chi connectivity index (χ2n) is 5.46. The van der Waals surface area contributed by atoms with Gasteiger partial charge in [0.25, 0.3) is 0 Å². The molecule has 0 amide bonds. The zero-order valence-electron chi connectivity index (χ0n) is 12.3. The van der Waals surface area contributed by atoms with Crippen LogP contribution in [-0.2, 0) is 0 Å². The van der Waals surface area contributed by atoms with Crippen LogP contribution in [0.15, 0.2) is 48.5 Å². The number of fused-ring (bicyclic) bond motifs is 2. The normalized spacial score (nSPS) is 11.2. The van der Waals surface area contributed by atoms with Crippen molar-refractivity contribution in [3.8, 4) is 34.1 Å². The fourth-order valence-electron chi connectivity index (χ4n) is 2.71. The average Bonchev–Trinajstić information content (AvgIpc) is 2.52. The van der Waals surface area contributed by atoms with Gasteiger partial charge in [0.15, 0.2) is 0 Å². The molecule has 0 aliphatic heterocycles. The highest BCUT2D eigenvalue weighted by Crippen LogP contribution is 2.38. The molecule has 0 aliphatic rings. The molecule has 0 unspecified atom stereocenters. The van der Waals surface area contributed by atoms with Crippen molar-refractivity contribution in [3.05, 3.63) is 48.5 Å². The zero-order chi connectivity index (χ0) is 16.8. The van der Waals surface area contributed by atoms with Crippen molar-refractivity contribution >= 4 is 22.1 Å². The first-order chi connectivity index (χ1) is 11.5. The Labute approximate surface area is 135 Å². The van der Waals surface area contributed by atoms with Gasteiger partial charge in [-0.15, -0.1) is 0 Å². The number of aromatic nitrogens is 2. The van der Waals surface area contributed by atoms with E-state index in [9.17, 15) is 20.4 Å². The predicted octanol–water partition coefficient (Wildman–Crippen LogP) is 3.27. The van der Waals surface area contributed by atoms with Gasteiger partial charge in [-0.25, -0.2) is 9.97 Å². The summed E-state index contributed by atoms with van der Waals surface area (Å²) in [4.78, 5) is 8.96. The zero-order valence-corrected chi connectivity index (χ0v) is 12.3. The van der Waals surface area contributed by atoms with Crippen LogP contribution in [0.4, 0.5) is 0 Å². The van der Waals surface area contributed by atoms with Crippen molar-refractivity contribution in [2.24, 2.45) is 0 Å². The Morgan fingerprint density at radius 3 is 2.04 bits per heavy atom. The van der Waals surface area contributed by atoms with E-state index < -0.39 is 0 Å². The topological polar surface area (TPSA) is 107 Å². The quantitative estimate of drug-likeness (QED) is 0.401. The SMILES string of the molecule is Oc1ccc(-c2cc(O)cc3nc4cc(O)ccc4nc23)c(O)c1. The molecule has 1 heterocycles. The van der Waals surface area contributed by atoms with E-state index in [4.69, 9.17) is 0 Å². The van der Waals surface area contributed by atoms with Crippen LogP contribution in [0.3, 0.4) is 0 Å². The predicted molar refractivity (Wildman–Crippen MR) is 89.1 cm³/mol. The largest absolute Gasteiger partial charge is 0.508 e. The van der Waals surface area contributed by atoms with E-state index in [1.54, 1.807) is 12.1 Å². The Kier molecular flexibility index (Phi) is 2.93. The lowest BCUT2D eigenvalue weighted by Crippen LogP contribution is -1.91. The molecule has 4 rings (SSSR count). The van der Waals surface area contributed by atoms with Crippen LogP contribution in [-0.4, -0.2) is 30.4 Å². The van der Waals surface area contributed by atoms with Crippen molar-refractivity contribution in [2.45, 2.75) is 0 Å². The molecule has 0 saturated heterocycles. The molecule has 0 aliphatic carbocycles. The van der Waals surface area contributed by atoms with Crippen LogP contribution in [0.1, 0.15) is 0 Å². The maximum Gasteiger partial charge on any atom is 0.127 e. The summed E-state index contributed by atoms with van der Waals surface area (Å²) >= 11 is 0. The Hall–Kier alpha value is -3.54. The minimum atomic E-state index is -0.130. The molecule has 118 valence electrons. The lowest BCUT2D eigenvalue weighted by molar-refractivity contribution is 0.452. The van der Waals surface area contributed by atoms with Crippen LogP contribution in [0.2, 0.25) is 0 Å². The van der Waals surface area contributed by atoms with Crippen LogP contribution >= 0.6 is 0 Å². The summed E-state index contributed by atoms with van der Waals surface area (Å²) in [5.41, 5.74) is 2.90. The third-order valence-corrected chi connectivity index (χ3v) is 3.78. The summed E-state index contributed by atoms with van der Waals surface area (Å²) in [6, 6.07) is 11.8. The average molecular weight is 320 g/mol. The van der Waals surface area contributed by atoms with Gasteiger partial charge in [0.2, 0.25) is 0 Å². The highest BCUT2D eigenvalue weighted by atomic mass is 16.3. The van der Waals surface area contributed by atoms with Crippen LogP contribution in [0.5, 0.6) is 23.0 Å². The van der Waals surface area contributed by atoms with Crippen molar-refractivity contribution in [1.82, 2.24) is 9.97 Å². The smallest absolute Gasteiger partial charge is 0.127 e. The van der Waals surface area contributed by atoms with Gasteiger partial charge in [0, 0.05) is 29.3 Å². The summed E-state index contributed by atoms with van der Waals surface area (Å²) in [6.07, 6.45) is 0. The number of hydrogen-bond donors (Lipinski definition) is 4. The standard InChI is InChI=1S/C18H12N2O4/c21-9-2-4-14-15(6-9)19-16-7-11(23)5-13(18(16)20-14)12-3-1-10(22)8-17(12)24/h1-8,21-24H. The molecule has 4 aromatic rings. The second kappa shape index (κ2) is 4.99. The molecule has 1 aromatic heterocycles. The van der Waals surface area contributed by atoms with Crippen LogP contribution < -0.4 is 0 Å². The Bertz CT molecular complexity index is 1110. The number of nitrogens with zero attached hydrogens (tertiary/aromatic N) is 2. The summed E-state index contributed by atoms with van der Waals surface area (Å²) < 4.78 is 0. The molecule has 0 fully saturated rings. The summed E-state index contributed by atoms with van der Waals surface area (Å²) in [5.74, 6) is -0.145. The lowest BCUT2D eigenvalue weighted by atomic mass is 10.0. The fraction of sp³-hybridized carbons (Fsp3) is 0. The van der Waals surface area contributed by atoms with Crippen molar-refractivity contribution in [2.75, 3.05) is 0 Å². The summed E-state index contributed by atoms with van der Waals surface area (Å²) in [6.45, 7) is 0. The number of phenols is 4. The van der Waals surface area contributed by atoms with E-state index in [0.717, 1.165) is 0 Å². The van der Waals surface area contributed by atoms with E-state index >= 15 is 0 Å². The summed E-state index contributed by atoms with van der Waals surface area (Å²) in [7, 11) is 0. The van der Waals surface area contributed by atoms with Gasteiger partial charge in [-0.2, -0.15) is 0 Å². The monoisotopic (exact) mass is 320 g/mol. The van der Waals surface area contributed by atoms with Crippen molar-refractivity contribution in [1.29, 1.82) is 0 Å². The Morgan fingerprint density at radius 1 is 0.542 bits per heavy atom. The molecule has 3 aromatic carbocycles. The summed E-state index contributed by atoms with van der Waals surface area (Å²) in [5, 5.41) is 39.2.